The summed E-state index contributed by atoms with van der Waals surface area (Å²) < 4.78 is 16.4. The monoisotopic (exact) mass is 433 g/mol. The van der Waals surface area contributed by atoms with Crippen LogP contribution in [-0.2, 0) is 43.4 Å². The zero-order chi connectivity index (χ0) is 22.5. The van der Waals surface area contributed by atoms with Crippen LogP contribution in [0.3, 0.4) is 0 Å². The van der Waals surface area contributed by atoms with Crippen LogP contribution >= 0.6 is 0 Å². The number of benzene rings is 1. The van der Waals surface area contributed by atoms with Crippen LogP contribution in [0.5, 0.6) is 0 Å². The van der Waals surface area contributed by atoms with Gasteiger partial charge in [-0.2, -0.15) is 0 Å². The highest BCUT2D eigenvalue weighted by Gasteiger charge is 2.23. The number of aromatic nitrogens is 4. The summed E-state index contributed by atoms with van der Waals surface area (Å²) in [5.41, 5.74) is 0.828. The van der Waals surface area contributed by atoms with Crippen LogP contribution < -0.4 is 5.32 Å². The van der Waals surface area contributed by atoms with Crippen molar-refractivity contribution in [1.29, 1.82) is 0 Å². The number of carbonyl (C=O) groups excluding carboxylic acids is 3. The van der Waals surface area contributed by atoms with E-state index in [-0.39, 0.29) is 25.4 Å². The van der Waals surface area contributed by atoms with Crippen molar-refractivity contribution in [2.45, 2.75) is 51.8 Å². The van der Waals surface area contributed by atoms with Gasteiger partial charge in [0.05, 0.1) is 13.7 Å². The van der Waals surface area contributed by atoms with E-state index in [4.69, 9.17) is 14.2 Å². The van der Waals surface area contributed by atoms with E-state index < -0.39 is 18.1 Å². The Hall–Kier alpha value is -3.50. The molecule has 0 unspecified atom stereocenters. The summed E-state index contributed by atoms with van der Waals surface area (Å²) in [5, 5.41) is 14.0. The van der Waals surface area contributed by atoms with Crippen LogP contribution in [0, 0.1) is 0 Å². The number of nitrogens with zero attached hydrogens (tertiary/aromatic N) is 4. The zero-order valence-corrected chi connectivity index (χ0v) is 17.7. The molecule has 0 bridgehead atoms. The number of hydrogen-bond donors (Lipinski definition) is 1. The molecule has 0 radical (unpaired) electrons. The molecule has 1 amide bonds. The van der Waals surface area contributed by atoms with Gasteiger partial charge >= 0.3 is 18.0 Å². The van der Waals surface area contributed by atoms with Crippen molar-refractivity contribution in [2.75, 3.05) is 13.7 Å². The molecule has 11 nitrogen and oxygen atoms in total. The van der Waals surface area contributed by atoms with Crippen LogP contribution in [0.1, 0.15) is 37.6 Å². The van der Waals surface area contributed by atoms with Crippen molar-refractivity contribution < 1.29 is 28.6 Å². The van der Waals surface area contributed by atoms with E-state index in [0.717, 1.165) is 5.56 Å². The second-order valence-electron chi connectivity index (χ2n) is 6.55. The average Bonchev–Trinajstić information content (AvgIpc) is 3.22. The number of carbonyl (C=O) groups is 3. The minimum Gasteiger partial charge on any atom is -0.467 e. The Morgan fingerprint density at radius 2 is 1.94 bits per heavy atom. The summed E-state index contributed by atoms with van der Waals surface area (Å²) in [7, 11) is 1.24. The molecule has 1 heterocycles. The highest BCUT2D eigenvalue weighted by atomic mass is 16.6. The standard InChI is InChI=1S/C20H27N5O6/c1-3-30-18(26)10-7-13-25-17(22-23-24-25)12-11-16(19(27)29-2)21-20(28)31-14-15-8-5-4-6-9-15/h4-6,8-9,16H,3,7,10-14H2,1-2H3,(H,21,28)/t16-/m0/s1. The minimum atomic E-state index is -0.919. The van der Waals surface area contributed by atoms with Crippen LogP contribution in [0.4, 0.5) is 4.79 Å². The van der Waals surface area contributed by atoms with Crippen molar-refractivity contribution in [2.24, 2.45) is 0 Å². The topological polar surface area (TPSA) is 135 Å². The molecule has 0 aliphatic rings. The van der Waals surface area contributed by atoms with Crippen LogP contribution in [0.15, 0.2) is 30.3 Å². The van der Waals surface area contributed by atoms with Gasteiger partial charge in [0.15, 0.2) is 5.82 Å². The van der Waals surface area contributed by atoms with Gasteiger partial charge in [-0.3, -0.25) is 4.79 Å². The van der Waals surface area contributed by atoms with Gasteiger partial charge in [0, 0.05) is 19.4 Å². The molecule has 1 aromatic carbocycles. The smallest absolute Gasteiger partial charge is 0.408 e. The van der Waals surface area contributed by atoms with Gasteiger partial charge in [0.1, 0.15) is 12.6 Å². The SMILES string of the molecule is CCOC(=O)CCCn1nnnc1CC[C@H](NC(=O)OCc1ccccc1)C(=O)OC. The van der Waals surface area contributed by atoms with Crippen LogP contribution in [0.25, 0.3) is 0 Å². The van der Waals surface area contributed by atoms with E-state index in [0.29, 0.717) is 31.8 Å². The fourth-order valence-corrected chi connectivity index (χ4v) is 2.75. The van der Waals surface area contributed by atoms with Crippen molar-refractivity contribution in [3.8, 4) is 0 Å². The number of amides is 1. The zero-order valence-electron chi connectivity index (χ0n) is 17.7. The Bertz CT molecular complexity index is 842. The summed E-state index contributed by atoms with van der Waals surface area (Å²) >= 11 is 0. The van der Waals surface area contributed by atoms with E-state index in [1.54, 1.807) is 11.6 Å². The number of alkyl carbamates (subject to hydrolysis) is 1. The first-order valence-corrected chi connectivity index (χ1v) is 9.99. The van der Waals surface area contributed by atoms with Crippen molar-refractivity contribution in [3.05, 3.63) is 41.7 Å². The lowest BCUT2D eigenvalue weighted by Gasteiger charge is -2.16. The molecule has 2 rings (SSSR count). The quantitative estimate of drug-likeness (QED) is 0.389. The summed E-state index contributed by atoms with van der Waals surface area (Å²) in [4.78, 5) is 35.6. The third-order valence-electron chi connectivity index (χ3n) is 4.31. The number of aryl methyl sites for hydroxylation is 2. The molecule has 11 heteroatoms. The first kappa shape index (κ1) is 23.8. The van der Waals surface area contributed by atoms with Crippen molar-refractivity contribution in [1.82, 2.24) is 25.5 Å². The molecular weight excluding hydrogens is 406 g/mol. The summed E-state index contributed by atoms with van der Waals surface area (Å²) in [5.74, 6) is -0.351. The van der Waals surface area contributed by atoms with Crippen molar-refractivity contribution >= 4 is 18.0 Å². The summed E-state index contributed by atoms with van der Waals surface area (Å²) in [6.07, 6.45) is 0.568. The van der Waals surface area contributed by atoms with Gasteiger partial charge in [-0.1, -0.05) is 30.3 Å². The van der Waals surface area contributed by atoms with Crippen LogP contribution in [0.2, 0.25) is 0 Å². The lowest BCUT2D eigenvalue weighted by molar-refractivity contribution is -0.144. The second kappa shape index (κ2) is 12.9. The molecule has 168 valence electrons. The lowest BCUT2D eigenvalue weighted by Crippen LogP contribution is -2.42. The van der Waals surface area contributed by atoms with E-state index in [9.17, 15) is 14.4 Å². The maximum Gasteiger partial charge on any atom is 0.408 e. The van der Waals surface area contributed by atoms with Gasteiger partial charge < -0.3 is 19.5 Å². The Morgan fingerprint density at radius 3 is 2.65 bits per heavy atom. The number of ether oxygens (including phenoxy) is 3. The summed E-state index contributed by atoms with van der Waals surface area (Å²) in [6.45, 7) is 2.60. The fraction of sp³-hybridized carbons (Fsp3) is 0.500. The predicted octanol–water partition coefficient (Wildman–Crippen LogP) is 1.42. The molecule has 2 aromatic rings. The maximum atomic E-state index is 12.1. The van der Waals surface area contributed by atoms with E-state index in [2.05, 4.69) is 20.8 Å². The van der Waals surface area contributed by atoms with Gasteiger partial charge in [-0.25, -0.2) is 14.3 Å². The number of esters is 2. The van der Waals surface area contributed by atoms with Crippen LogP contribution in [-0.4, -0.2) is 58.0 Å². The van der Waals surface area contributed by atoms with Gasteiger partial charge in [-0.15, -0.1) is 5.10 Å². The molecule has 31 heavy (non-hydrogen) atoms. The molecule has 0 saturated carbocycles. The van der Waals surface area contributed by atoms with Gasteiger partial charge in [0.25, 0.3) is 0 Å². The highest BCUT2D eigenvalue weighted by Crippen LogP contribution is 2.07. The molecule has 1 aromatic heterocycles. The number of hydrogen-bond acceptors (Lipinski definition) is 9. The Kier molecular flexibility index (Phi) is 9.92. The number of tetrazole rings is 1. The molecule has 0 spiro atoms. The third kappa shape index (κ3) is 8.41. The number of methoxy groups -OCH3 is 1. The Labute approximate surface area is 180 Å². The number of rotatable bonds is 12. The minimum absolute atomic E-state index is 0.0826. The Morgan fingerprint density at radius 1 is 1.16 bits per heavy atom. The van der Waals surface area contributed by atoms with E-state index >= 15 is 0 Å². The molecule has 0 aliphatic carbocycles. The highest BCUT2D eigenvalue weighted by molar-refractivity contribution is 5.81. The average molecular weight is 433 g/mol. The molecule has 0 saturated heterocycles. The fourth-order valence-electron chi connectivity index (χ4n) is 2.75. The second-order valence-corrected chi connectivity index (χ2v) is 6.55. The maximum absolute atomic E-state index is 12.1. The lowest BCUT2D eigenvalue weighted by atomic mass is 10.1. The van der Waals surface area contributed by atoms with E-state index in [1.807, 2.05) is 30.3 Å². The van der Waals surface area contributed by atoms with Gasteiger partial charge in [-0.05, 0) is 35.8 Å². The normalized spacial score (nSPS) is 11.4. The Balaban J connectivity index is 1.85. The van der Waals surface area contributed by atoms with Crippen molar-refractivity contribution in [3.63, 3.8) is 0 Å². The number of nitrogens with one attached hydrogen (secondary N) is 1. The molecular formula is C20H27N5O6. The summed E-state index contributed by atoms with van der Waals surface area (Å²) in [6, 6.07) is 8.27. The molecule has 0 fully saturated rings. The molecule has 0 aliphatic heterocycles. The van der Waals surface area contributed by atoms with E-state index in [1.165, 1.54) is 7.11 Å². The van der Waals surface area contributed by atoms with Gasteiger partial charge in [0.2, 0.25) is 0 Å². The first-order chi connectivity index (χ1) is 15.0. The third-order valence-corrected chi connectivity index (χ3v) is 4.31. The predicted molar refractivity (Wildman–Crippen MR) is 108 cm³/mol. The molecule has 1 N–H and O–H groups in total. The largest absolute Gasteiger partial charge is 0.467 e. The molecule has 1 atom stereocenters. The first-order valence-electron chi connectivity index (χ1n) is 9.99.